The third-order valence-electron chi connectivity index (χ3n) is 17.8. The van der Waals surface area contributed by atoms with Crippen molar-refractivity contribution in [3.05, 3.63) is 58.7 Å². The fourth-order valence-corrected chi connectivity index (χ4v) is 13.0. The zero-order valence-corrected chi connectivity index (χ0v) is 46.3. The summed E-state index contributed by atoms with van der Waals surface area (Å²) in [5.41, 5.74) is -0.891. The smallest absolute Gasteiger partial charge is 0.338 e. The monoisotopic (exact) mass is 975 g/mol. The van der Waals surface area contributed by atoms with Crippen molar-refractivity contribution in [2.75, 3.05) is 54.7 Å². The maximum absolute atomic E-state index is 14.3. The number of esters is 4. The second kappa shape index (κ2) is 19.2. The Bertz CT molecular complexity index is 2160. The van der Waals surface area contributed by atoms with Gasteiger partial charge in [0.1, 0.15) is 0 Å². The molecule has 2 aromatic rings. The van der Waals surface area contributed by atoms with Crippen molar-refractivity contribution in [3.63, 3.8) is 0 Å². The average Bonchev–Trinajstić information content (AvgIpc) is 3.72. The van der Waals surface area contributed by atoms with Crippen LogP contribution in [0.4, 0.5) is 0 Å². The molecule has 4 atom stereocenters. The Balaban J connectivity index is 1.37. The fourth-order valence-electron chi connectivity index (χ4n) is 13.0. The first-order chi connectivity index (χ1) is 32.0. The molecule has 14 nitrogen and oxygen atoms in total. The Hall–Kier alpha value is -3.92. The lowest BCUT2D eigenvalue weighted by Crippen LogP contribution is -2.49. The van der Waals surface area contributed by atoms with Crippen LogP contribution in [-0.2, 0) is 28.6 Å². The van der Waals surface area contributed by atoms with E-state index in [4.69, 9.17) is 28.6 Å². The van der Waals surface area contributed by atoms with Gasteiger partial charge in [0.2, 0.25) is 0 Å². The largest absolute Gasteiger partial charge is 0.462 e. The molecule has 390 valence electrons. The molecule has 4 saturated heterocycles. The van der Waals surface area contributed by atoms with E-state index in [0.29, 0.717) is 24.0 Å². The van der Waals surface area contributed by atoms with Gasteiger partial charge in [0, 0.05) is 68.0 Å². The molecule has 4 unspecified atom stereocenters. The summed E-state index contributed by atoms with van der Waals surface area (Å²) in [6, 6.07) is 9.52. The van der Waals surface area contributed by atoms with Crippen LogP contribution in [0.5, 0.6) is 0 Å². The molecule has 0 radical (unpaired) electrons. The Morgan fingerprint density at radius 1 is 0.400 bits per heavy atom. The molecule has 4 aliphatic heterocycles. The van der Waals surface area contributed by atoms with Gasteiger partial charge in [0.15, 0.2) is 0 Å². The molecule has 0 N–H and O–H groups in total. The van der Waals surface area contributed by atoms with Gasteiger partial charge in [0.25, 0.3) is 0 Å². The highest BCUT2D eigenvalue weighted by Gasteiger charge is 2.55. The maximum atomic E-state index is 14.3. The quantitative estimate of drug-likeness (QED) is 0.124. The second-order valence-electron chi connectivity index (χ2n) is 25.5. The molecule has 0 spiro atoms. The first kappa shape index (κ1) is 55.4. The van der Waals surface area contributed by atoms with Gasteiger partial charge in [0.05, 0.1) is 62.9 Å². The van der Waals surface area contributed by atoms with Crippen LogP contribution in [0.2, 0.25) is 0 Å². The molecule has 4 aliphatic rings. The van der Waals surface area contributed by atoms with Gasteiger partial charge < -0.3 is 28.6 Å². The minimum Gasteiger partial charge on any atom is -0.462 e. The van der Waals surface area contributed by atoms with Gasteiger partial charge >= 0.3 is 23.9 Å². The Kier molecular flexibility index (Phi) is 15.2. The van der Waals surface area contributed by atoms with Crippen LogP contribution in [0.25, 0.3) is 11.1 Å². The number of ether oxygens (including phenoxy) is 4. The van der Waals surface area contributed by atoms with Crippen molar-refractivity contribution in [3.8, 4) is 11.1 Å². The number of carbonyl (C=O) groups excluding carboxylic acids is 4. The average molecular weight is 975 g/mol. The van der Waals surface area contributed by atoms with Crippen molar-refractivity contribution in [2.24, 2.45) is 23.7 Å². The fraction of sp³-hybridized carbons (Fsp3) is 0.714. The van der Waals surface area contributed by atoms with Crippen LogP contribution in [0.3, 0.4) is 0 Å². The molecular weight excluding hydrogens is 889 g/mol. The van der Waals surface area contributed by atoms with Gasteiger partial charge in [-0.25, -0.2) is 19.2 Å². The maximum Gasteiger partial charge on any atom is 0.338 e. The van der Waals surface area contributed by atoms with Crippen LogP contribution in [0, 0.1) is 23.7 Å². The highest BCUT2D eigenvalue weighted by atomic mass is 16.7. The zero-order valence-electron chi connectivity index (χ0n) is 46.3. The van der Waals surface area contributed by atoms with E-state index in [1.165, 1.54) is 12.1 Å². The van der Waals surface area contributed by atoms with Gasteiger partial charge in [-0.05, 0) is 198 Å². The molecule has 0 saturated carbocycles. The number of nitrogens with zero attached hydrogens (tertiary/aromatic N) is 4. The van der Waals surface area contributed by atoms with Gasteiger partial charge in [-0.2, -0.15) is 10.1 Å². The van der Waals surface area contributed by atoms with Crippen LogP contribution < -0.4 is 0 Å². The van der Waals surface area contributed by atoms with Crippen LogP contribution >= 0.6 is 0 Å². The lowest BCUT2D eigenvalue weighted by molar-refractivity contribution is -0.224. The summed E-state index contributed by atoms with van der Waals surface area (Å²) in [5, 5.41) is 3.91. The number of hydrogen-bond donors (Lipinski definition) is 0. The second-order valence-corrected chi connectivity index (χ2v) is 25.5. The molecule has 4 heterocycles. The summed E-state index contributed by atoms with van der Waals surface area (Å²) < 4.78 is 24.4. The number of hydrogen-bond acceptors (Lipinski definition) is 14. The van der Waals surface area contributed by atoms with Crippen molar-refractivity contribution >= 4 is 23.9 Å². The molecule has 0 aliphatic carbocycles. The number of benzene rings is 2. The summed E-state index contributed by atoms with van der Waals surface area (Å²) >= 11 is 0. The van der Waals surface area contributed by atoms with Crippen molar-refractivity contribution in [1.29, 1.82) is 0 Å². The minimum atomic E-state index is -0.635. The van der Waals surface area contributed by atoms with E-state index in [-0.39, 0.29) is 106 Å². The predicted octanol–water partition coefficient (Wildman–Crippen LogP) is 9.88. The van der Waals surface area contributed by atoms with E-state index in [1.807, 2.05) is 10.1 Å². The SMILES string of the molecule is CON1C(C)(C)CC(COC(=O)c2cc(C(=O)OCC3CC(C)(C)N(OC)C3(C)C)cc(-c3cc(C(=O)OCC4CC(C)(C)N(C)C4(C)C)cc(C(=O)OCC4CC(C)(C)N(C)C4(C)C)c3)c2)C1(C)C. The minimum absolute atomic E-state index is 0.0504. The molecule has 2 aromatic carbocycles. The molecule has 14 heteroatoms. The molecule has 0 aromatic heterocycles. The normalized spacial score (nSPS) is 27.3. The number of likely N-dealkylation sites (tertiary alicyclic amines) is 2. The molecule has 6 rings (SSSR count). The predicted molar refractivity (Wildman–Crippen MR) is 271 cm³/mol. The molecule has 0 amide bonds. The van der Waals surface area contributed by atoms with Crippen molar-refractivity contribution < 1.29 is 47.8 Å². The van der Waals surface area contributed by atoms with E-state index in [1.54, 1.807) is 38.5 Å². The Labute approximate surface area is 419 Å². The van der Waals surface area contributed by atoms with Crippen molar-refractivity contribution in [1.82, 2.24) is 19.9 Å². The molecular formula is C56H86N4O10. The topological polar surface area (TPSA) is 137 Å². The number of rotatable bonds is 15. The number of carbonyl (C=O) groups is 4. The first-order valence-corrected chi connectivity index (χ1v) is 25.2. The molecule has 70 heavy (non-hydrogen) atoms. The Morgan fingerprint density at radius 2 is 0.629 bits per heavy atom. The third kappa shape index (κ3) is 10.5. The molecule has 4 fully saturated rings. The van der Waals surface area contributed by atoms with E-state index in [9.17, 15) is 19.2 Å². The highest BCUT2D eigenvalue weighted by Crippen LogP contribution is 2.48. The third-order valence-corrected chi connectivity index (χ3v) is 17.8. The van der Waals surface area contributed by atoms with E-state index in [0.717, 1.165) is 12.8 Å². The summed E-state index contributed by atoms with van der Waals surface area (Å²) in [6.07, 6.45) is 3.09. The summed E-state index contributed by atoms with van der Waals surface area (Å²) in [7, 11) is 7.49. The van der Waals surface area contributed by atoms with Crippen LogP contribution in [0.1, 0.15) is 178 Å². The lowest BCUT2D eigenvalue weighted by atomic mass is 9.87. The summed E-state index contributed by atoms with van der Waals surface area (Å²) in [5.74, 6) is -2.51. The Morgan fingerprint density at radius 3 is 0.829 bits per heavy atom. The summed E-state index contributed by atoms with van der Waals surface area (Å²) in [4.78, 5) is 73.4. The van der Waals surface area contributed by atoms with Crippen LogP contribution in [-0.4, -0.2) is 143 Å². The summed E-state index contributed by atoms with van der Waals surface area (Å²) in [6.45, 7) is 34.6. The van der Waals surface area contributed by atoms with Gasteiger partial charge in [-0.3, -0.25) is 9.80 Å². The van der Waals surface area contributed by atoms with Gasteiger partial charge in [-0.15, -0.1) is 0 Å². The van der Waals surface area contributed by atoms with Crippen molar-refractivity contribution in [2.45, 2.75) is 181 Å². The zero-order chi connectivity index (χ0) is 52.5. The standard InChI is InChI=1S/C56H86N4O10/c1-49(2)27-41(53(9,10)57(49)17)31-67-45(61)37-21-35(22-38(25-37)46(62)68-32-42-28-50(3,4)58(18)54(42,11)12)36-23-39(47(63)69-33-43-29-51(5,6)59(65-19)55(43,13)14)26-40(24-36)48(64)70-34-44-30-52(7,8)60(66-20)56(44,15)16/h21-26,41-44H,27-34H2,1-20H3. The van der Waals surface area contributed by atoms with E-state index < -0.39 is 35.0 Å². The van der Waals surface area contributed by atoms with Crippen LogP contribution in [0.15, 0.2) is 36.4 Å². The van der Waals surface area contributed by atoms with Gasteiger partial charge in [-0.1, -0.05) is 0 Å². The number of hydroxylamine groups is 4. The first-order valence-electron chi connectivity index (χ1n) is 25.2. The van der Waals surface area contributed by atoms with E-state index in [2.05, 4.69) is 135 Å². The highest BCUT2D eigenvalue weighted by molar-refractivity contribution is 6.00. The molecule has 0 bridgehead atoms. The van der Waals surface area contributed by atoms with E-state index >= 15 is 0 Å². The lowest BCUT2D eigenvalue weighted by Gasteiger charge is -2.39.